The van der Waals surface area contributed by atoms with Crippen LogP contribution < -0.4 is 14.2 Å². The summed E-state index contributed by atoms with van der Waals surface area (Å²) in [5.41, 5.74) is -0.0865. The zero-order valence-corrected chi connectivity index (χ0v) is 12.5. The van der Waals surface area contributed by atoms with E-state index in [1.807, 2.05) is 0 Å². The van der Waals surface area contributed by atoms with Gasteiger partial charge in [-0.15, -0.1) is 8.78 Å². The van der Waals surface area contributed by atoms with E-state index in [1.54, 1.807) is 0 Å². The average molecular weight is 357 g/mol. The van der Waals surface area contributed by atoms with Crippen LogP contribution in [0.15, 0.2) is 47.4 Å². The second-order valence-corrected chi connectivity index (χ2v) is 6.45. The van der Waals surface area contributed by atoms with Crippen LogP contribution in [0, 0.1) is 0 Å². The van der Waals surface area contributed by atoms with Gasteiger partial charge in [0.15, 0.2) is 11.5 Å². The summed E-state index contributed by atoms with van der Waals surface area (Å²) in [6.07, 6.45) is -3.80. The summed E-state index contributed by atoms with van der Waals surface area (Å²) >= 11 is 0. The van der Waals surface area contributed by atoms with Crippen molar-refractivity contribution in [2.24, 2.45) is 0 Å². The van der Waals surface area contributed by atoms with Gasteiger partial charge in [0.1, 0.15) is 0 Å². The quantitative estimate of drug-likeness (QED) is 0.872. The molecular weight excluding hydrogens is 348 g/mol. The standard InChI is InChI=1S/C14H9F2NO6S/c15-14(16)22-11-6-3-9(7-12(11)23-14)17-24(20,21)10-4-1-8(2-5-10)13(18)19/h1-7,17H,(H,18,19). The molecule has 0 spiro atoms. The molecule has 3 rings (SSSR count). The number of benzene rings is 2. The van der Waals surface area contributed by atoms with Gasteiger partial charge < -0.3 is 14.6 Å². The summed E-state index contributed by atoms with van der Waals surface area (Å²) in [4.78, 5) is 10.6. The lowest BCUT2D eigenvalue weighted by atomic mass is 10.2. The molecule has 7 nitrogen and oxygen atoms in total. The Bertz CT molecular complexity index is 911. The van der Waals surface area contributed by atoms with Crippen LogP contribution in [-0.2, 0) is 10.0 Å². The van der Waals surface area contributed by atoms with Crippen molar-refractivity contribution >= 4 is 21.7 Å². The Kier molecular flexibility index (Phi) is 3.56. The van der Waals surface area contributed by atoms with Gasteiger partial charge in [-0.25, -0.2) is 13.2 Å². The highest BCUT2D eigenvalue weighted by molar-refractivity contribution is 7.92. The van der Waals surface area contributed by atoms with Gasteiger partial charge in [0.2, 0.25) is 0 Å². The summed E-state index contributed by atoms with van der Waals surface area (Å²) in [6.45, 7) is 0. The summed E-state index contributed by atoms with van der Waals surface area (Å²) in [6, 6.07) is 7.93. The molecule has 10 heteroatoms. The van der Waals surface area contributed by atoms with E-state index in [1.165, 1.54) is 6.07 Å². The monoisotopic (exact) mass is 357 g/mol. The number of fused-ring (bicyclic) bond motifs is 1. The third-order valence-electron chi connectivity index (χ3n) is 3.07. The Labute approximate surface area is 134 Å². The number of hydrogen-bond acceptors (Lipinski definition) is 5. The summed E-state index contributed by atoms with van der Waals surface area (Å²) in [5, 5.41) is 8.79. The van der Waals surface area contributed by atoms with Gasteiger partial charge in [0.25, 0.3) is 10.0 Å². The molecule has 0 unspecified atom stereocenters. The molecule has 2 N–H and O–H groups in total. The van der Waals surface area contributed by atoms with Crippen molar-refractivity contribution in [1.29, 1.82) is 0 Å². The smallest absolute Gasteiger partial charge is 0.478 e. The number of anilines is 1. The maximum absolute atomic E-state index is 12.9. The van der Waals surface area contributed by atoms with E-state index >= 15 is 0 Å². The number of alkyl halides is 2. The Balaban J connectivity index is 1.84. The van der Waals surface area contributed by atoms with Crippen molar-refractivity contribution < 1.29 is 36.6 Å². The largest absolute Gasteiger partial charge is 0.586 e. The van der Waals surface area contributed by atoms with Crippen LogP contribution in [0.5, 0.6) is 11.5 Å². The minimum atomic E-state index is -4.03. The summed E-state index contributed by atoms with van der Waals surface area (Å²) < 4.78 is 61.0. The third kappa shape index (κ3) is 3.08. The molecule has 2 aromatic carbocycles. The fourth-order valence-corrected chi connectivity index (χ4v) is 3.05. The number of aromatic carboxylic acids is 1. The molecular formula is C14H9F2NO6S. The van der Waals surface area contributed by atoms with E-state index in [2.05, 4.69) is 14.2 Å². The normalized spacial score (nSPS) is 15.1. The first-order valence-electron chi connectivity index (χ1n) is 6.42. The van der Waals surface area contributed by atoms with Gasteiger partial charge in [-0.2, -0.15) is 0 Å². The number of nitrogens with one attached hydrogen (secondary N) is 1. The fraction of sp³-hybridized carbons (Fsp3) is 0.0714. The van der Waals surface area contributed by atoms with Crippen LogP contribution in [0.2, 0.25) is 0 Å². The summed E-state index contributed by atoms with van der Waals surface area (Å²) in [7, 11) is -4.03. The highest BCUT2D eigenvalue weighted by atomic mass is 32.2. The van der Waals surface area contributed by atoms with Crippen LogP contribution in [0.4, 0.5) is 14.5 Å². The highest BCUT2D eigenvalue weighted by Crippen LogP contribution is 2.42. The number of ether oxygens (including phenoxy) is 2. The maximum atomic E-state index is 12.9. The first-order valence-corrected chi connectivity index (χ1v) is 7.91. The lowest BCUT2D eigenvalue weighted by Crippen LogP contribution is -2.25. The molecule has 0 aliphatic carbocycles. The van der Waals surface area contributed by atoms with E-state index in [0.717, 1.165) is 36.4 Å². The zero-order valence-electron chi connectivity index (χ0n) is 11.7. The molecule has 0 saturated carbocycles. The Hall–Kier alpha value is -2.88. The lowest BCUT2D eigenvalue weighted by molar-refractivity contribution is -0.286. The number of hydrogen-bond donors (Lipinski definition) is 2. The number of carboxylic acid groups (broad SMARTS) is 1. The molecule has 126 valence electrons. The third-order valence-corrected chi connectivity index (χ3v) is 4.46. The Morgan fingerprint density at radius 1 is 1.04 bits per heavy atom. The van der Waals surface area contributed by atoms with Gasteiger partial charge in [0.05, 0.1) is 16.1 Å². The van der Waals surface area contributed by atoms with Crippen molar-refractivity contribution in [3.8, 4) is 11.5 Å². The predicted molar refractivity (Wildman–Crippen MR) is 76.9 cm³/mol. The molecule has 1 aliphatic rings. The van der Waals surface area contributed by atoms with Crippen molar-refractivity contribution in [3.63, 3.8) is 0 Å². The molecule has 1 heterocycles. The van der Waals surface area contributed by atoms with Gasteiger partial charge in [0, 0.05) is 6.07 Å². The molecule has 0 bridgehead atoms. The first kappa shape index (κ1) is 16.0. The van der Waals surface area contributed by atoms with Crippen LogP contribution in [0.3, 0.4) is 0 Å². The van der Waals surface area contributed by atoms with E-state index in [4.69, 9.17) is 5.11 Å². The van der Waals surface area contributed by atoms with Gasteiger partial charge in [-0.1, -0.05) is 0 Å². The second kappa shape index (κ2) is 5.34. The fourth-order valence-electron chi connectivity index (χ4n) is 2.00. The van der Waals surface area contributed by atoms with Crippen LogP contribution in [0.1, 0.15) is 10.4 Å². The molecule has 1 aliphatic heterocycles. The molecule has 0 atom stereocenters. The van der Waals surface area contributed by atoms with E-state index in [9.17, 15) is 22.0 Å². The Morgan fingerprint density at radius 3 is 2.29 bits per heavy atom. The lowest BCUT2D eigenvalue weighted by Gasteiger charge is -2.08. The number of carbonyl (C=O) groups is 1. The van der Waals surface area contributed by atoms with Crippen LogP contribution in [0.25, 0.3) is 0 Å². The van der Waals surface area contributed by atoms with Gasteiger partial charge in [-0.3, -0.25) is 4.72 Å². The van der Waals surface area contributed by atoms with Crippen molar-refractivity contribution in [1.82, 2.24) is 0 Å². The van der Waals surface area contributed by atoms with Gasteiger partial charge >= 0.3 is 12.3 Å². The van der Waals surface area contributed by atoms with E-state index < -0.39 is 22.3 Å². The second-order valence-electron chi connectivity index (χ2n) is 4.76. The van der Waals surface area contributed by atoms with E-state index in [0.29, 0.717) is 0 Å². The van der Waals surface area contributed by atoms with Crippen LogP contribution >= 0.6 is 0 Å². The number of sulfonamides is 1. The molecule has 0 fully saturated rings. The molecule has 2 aromatic rings. The predicted octanol–water partition coefficient (Wildman–Crippen LogP) is 2.51. The number of carboxylic acids is 1. The average Bonchev–Trinajstić information content (AvgIpc) is 2.80. The SMILES string of the molecule is O=C(O)c1ccc(S(=O)(=O)Nc2ccc3c(c2)OC(F)(F)O3)cc1. The van der Waals surface area contributed by atoms with E-state index in [-0.39, 0.29) is 27.6 Å². The zero-order chi connectivity index (χ0) is 17.5. The Morgan fingerprint density at radius 2 is 1.67 bits per heavy atom. The topological polar surface area (TPSA) is 102 Å². The molecule has 0 amide bonds. The number of halogens is 2. The first-order chi connectivity index (χ1) is 11.2. The minimum Gasteiger partial charge on any atom is -0.478 e. The van der Waals surface area contributed by atoms with Crippen molar-refractivity contribution in [3.05, 3.63) is 48.0 Å². The molecule has 24 heavy (non-hydrogen) atoms. The number of rotatable bonds is 4. The molecule has 0 aromatic heterocycles. The highest BCUT2D eigenvalue weighted by Gasteiger charge is 2.43. The van der Waals surface area contributed by atoms with Crippen LogP contribution in [-0.4, -0.2) is 25.8 Å². The van der Waals surface area contributed by atoms with Crippen molar-refractivity contribution in [2.75, 3.05) is 4.72 Å². The maximum Gasteiger partial charge on any atom is 0.586 e. The van der Waals surface area contributed by atoms with Gasteiger partial charge in [-0.05, 0) is 36.4 Å². The summed E-state index contributed by atoms with van der Waals surface area (Å²) in [5.74, 6) is -1.71. The molecule has 0 radical (unpaired) electrons. The van der Waals surface area contributed by atoms with Crippen molar-refractivity contribution in [2.45, 2.75) is 11.2 Å². The minimum absolute atomic E-state index is 0.0163. The molecule has 0 saturated heterocycles.